The number of aromatic nitrogens is 2. The summed E-state index contributed by atoms with van der Waals surface area (Å²) in [6.07, 6.45) is 2.03. The number of nitrogens with zero attached hydrogens (tertiary/aromatic N) is 2. The number of amides is 1. The van der Waals surface area contributed by atoms with E-state index in [1.54, 1.807) is 17.7 Å². The predicted octanol–water partition coefficient (Wildman–Crippen LogP) is 3.92. The lowest BCUT2D eigenvalue weighted by molar-refractivity contribution is -0.120. The first kappa shape index (κ1) is 21.1. The van der Waals surface area contributed by atoms with Crippen LogP contribution in [0.3, 0.4) is 0 Å². The van der Waals surface area contributed by atoms with Gasteiger partial charge in [0.15, 0.2) is 5.16 Å². The van der Waals surface area contributed by atoms with Crippen molar-refractivity contribution < 1.29 is 9.53 Å². The number of rotatable bonds is 8. The molecule has 0 spiro atoms. The van der Waals surface area contributed by atoms with Gasteiger partial charge in [-0.15, -0.1) is 0 Å². The van der Waals surface area contributed by atoms with Crippen molar-refractivity contribution in [2.75, 3.05) is 13.7 Å². The van der Waals surface area contributed by atoms with Crippen molar-refractivity contribution in [3.8, 4) is 0 Å². The number of fused-ring (bicyclic) bond motifs is 1. The van der Waals surface area contributed by atoms with Crippen molar-refractivity contribution >= 4 is 44.5 Å². The van der Waals surface area contributed by atoms with Crippen molar-refractivity contribution in [3.63, 3.8) is 0 Å². The zero-order chi connectivity index (χ0) is 21.1. The Morgan fingerprint density at radius 2 is 2.07 bits per heavy atom. The Bertz CT molecular complexity index is 1120. The van der Waals surface area contributed by atoms with Crippen molar-refractivity contribution in [3.05, 3.63) is 68.9 Å². The molecule has 3 aromatic rings. The molecule has 1 aliphatic carbocycles. The van der Waals surface area contributed by atoms with Crippen LogP contribution >= 0.6 is 27.7 Å². The number of hydrogen-bond donors (Lipinski definition) is 1. The highest BCUT2D eigenvalue weighted by Gasteiger charge is 2.30. The quantitative estimate of drug-likeness (QED) is 0.385. The summed E-state index contributed by atoms with van der Waals surface area (Å²) in [5.74, 6) is -0.0582. The number of hydrogen-bond acceptors (Lipinski definition) is 5. The minimum Gasteiger partial charge on any atom is -0.383 e. The standard InChI is InChI=1S/C22H22BrN3O3S/c1-29-12-11-26-21(28)17-13-15(23)7-10-18(17)25-22(26)30-19(14-5-3-2-4-6-14)20(27)24-16-8-9-16/h2-7,10,13,16,19H,8-9,11-12H2,1H3,(H,24,27). The second-order valence-corrected chi connectivity index (χ2v) is 9.18. The first-order valence-corrected chi connectivity index (χ1v) is 11.4. The first-order chi connectivity index (χ1) is 14.6. The van der Waals surface area contributed by atoms with Crippen molar-refractivity contribution in [1.82, 2.24) is 14.9 Å². The SMILES string of the molecule is COCCn1c(SC(C(=O)NC2CC2)c2ccccc2)nc2ccc(Br)cc2c1=O. The van der Waals surface area contributed by atoms with Gasteiger partial charge in [0.25, 0.3) is 5.56 Å². The number of carbonyl (C=O) groups is 1. The molecular formula is C22H22BrN3O3S. The molecule has 1 atom stereocenters. The molecule has 1 aliphatic rings. The van der Waals surface area contributed by atoms with Crippen LogP contribution in [0.4, 0.5) is 0 Å². The van der Waals surface area contributed by atoms with Crippen LogP contribution in [0.1, 0.15) is 23.7 Å². The van der Waals surface area contributed by atoms with Crippen LogP contribution in [0.5, 0.6) is 0 Å². The van der Waals surface area contributed by atoms with E-state index in [1.165, 1.54) is 11.8 Å². The molecule has 4 rings (SSSR count). The van der Waals surface area contributed by atoms with Gasteiger partial charge in [0.2, 0.25) is 5.91 Å². The molecule has 0 radical (unpaired) electrons. The van der Waals surface area contributed by atoms with Gasteiger partial charge >= 0.3 is 0 Å². The highest BCUT2D eigenvalue weighted by molar-refractivity contribution is 9.10. The smallest absolute Gasteiger partial charge is 0.262 e. The largest absolute Gasteiger partial charge is 0.383 e. The summed E-state index contributed by atoms with van der Waals surface area (Å²) >= 11 is 4.72. The summed E-state index contributed by atoms with van der Waals surface area (Å²) in [6, 6.07) is 15.3. The number of benzene rings is 2. The van der Waals surface area contributed by atoms with E-state index >= 15 is 0 Å². The number of methoxy groups -OCH3 is 1. The molecule has 156 valence electrons. The summed E-state index contributed by atoms with van der Waals surface area (Å²) in [6.45, 7) is 0.734. The highest BCUT2D eigenvalue weighted by atomic mass is 79.9. The van der Waals surface area contributed by atoms with Gasteiger partial charge in [0.1, 0.15) is 5.25 Å². The second-order valence-electron chi connectivity index (χ2n) is 7.20. The number of ether oxygens (including phenoxy) is 1. The van der Waals surface area contributed by atoms with E-state index in [0.29, 0.717) is 29.2 Å². The van der Waals surface area contributed by atoms with Crippen LogP contribution in [0, 0.1) is 0 Å². The summed E-state index contributed by atoms with van der Waals surface area (Å²) in [5, 5.41) is 3.63. The van der Waals surface area contributed by atoms with Crippen molar-refractivity contribution in [1.29, 1.82) is 0 Å². The minimum atomic E-state index is -0.500. The molecule has 1 heterocycles. The molecule has 0 saturated heterocycles. The van der Waals surface area contributed by atoms with Gasteiger partial charge in [0.05, 0.1) is 24.1 Å². The lowest BCUT2D eigenvalue weighted by atomic mass is 10.1. The van der Waals surface area contributed by atoms with Gasteiger partial charge in [-0.05, 0) is 36.6 Å². The van der Waals surface area contributed by atoms with Gasteiger partial charge in [-0.3, -0.25) is 14.2 Å². The van der Waals surface area contributed by atoms with Crippen molar-refractivity contribution in [2.45, 2.75) is 35.8 Å². The molecule has 1 unspecified atom stereocenters. The van der Waals surface area contributed by atoms with Crippen LogP contribution in [-0.2, 0) is 16.1 Å². The maximum Gasteiger partial charge on any atom is 0.262 e. The third-order valence-corrected chi connectivity index (χ3v) is 6.63. The summed E-state index contributed by atoms with van der Waals surface area (Å²) in [5.41, 5.74) is 1.34. The van der Waals surface area contributed by atoms with E-state index in [2.05, 4.69) is 21.2 Å². The predicted molar refractivity (Wildman–Crippen MR) is 122 cm³/mol. The molecule has 1 aromatic heterocycles. The number of halogens is 1. The Labute approximate surface area is 187 Å². The molecule has 30 heavy (non-hydrogen) atoms. The molecule has 1 N–H and O–H groups in total. The number of thioether (sulfide) groups is 1. The van der Waals surface area contributed by atoms with Gasteiger partial charge in [-0.25, -0.2) is 4.98 Å². The van der Waals surface area contributed by atoms with E-state index in [1.807, 2.05) is 42.5 Å². The molecule has 1 saturated carbocycles. The summed E-state index contributed by atoms with van der Waals surface area (Å²) in [4.78, 5) is 31.0. The van der Waals surface area contributed by atoms with Crippen molar-refractivity contribution in [2.24, 2.45) is 0 Å². The van der Waals surface area contributed by atoms with Crippen LogP contribution in [0.15, 0.2) is 63.0 Å². The van der Waals surface area contributed by atoms with Crippen LogP contribution in [0.2, 0.25) is 0 Å². The van der Waals surface area contributed by atoms with E-state index in [9.17, 15) is 9.59 Å². The van der Waals surface area contributed by atoms with E-state index in [0.717, 1.165) is 22.9 Å². The molecule has 6 nitrogen and oxygen atoms in total. The molecular weight excluding hydrogens is 466 g/mol. The zero-order valence-corrected chi connectivity index (χ0v) is 18.9. The molecule has 1 amide bonds. The average molecular weight is 488 g/mol. The normalized spacial score (nSPS) is 14.6. The van der Waals surface area contributed by atoms with E-state index in [-0.39, 0.29) is 17.5 Å². The van der Waals surface area contributed by atoms with Crippen LogP contribution in [0.25, 0.3) is 10.9 Å². The fourth-order valence-corrected chi connectivity index (χ4v) is 4.65. The lowest BCUT2D eigenvalue weighted by Crippen LogP contribution is -2.31. The first-order valence-electron chi connectivity index (χ1n) is 9.78. The van der Waals surface area contributed by atoms with Crippen LogP contribution in [-0.4, -0.2) is 35.2 Å². The third kappa shape index (κ3) is 4.77. The molecule has 2 aromatic carbocycles. The van der Waals surface area contributed by atoms with E-state index in [4.69, 9.17) is 9.72 Å². The lowest BCUT2D eigenvalue weighted by Gasteiger charge is -2.19. The summed E-state index contributed by atoms with van der Waals surface area (Å²) in [7, 11) is 1.60. The Balaban J connectivity index is 1.77. The number of nitrogens with one attached hydrogen (secondary N) is 1. The fraction of sp³-hybridized carbons (Fsp3) is 0.318. The van der Waals surface area contributed by atoms with Gasteiger partial charge in [-0.1, -0.05) is 58.0 Å². The zero-order valence-electron chi connectivity index (χ0n) is 16.5. The Morgan fingerprint density at radius 1 is 1.30 bits per heavy atom. The maximum atomic E-state index is 13.2. The van der Waals surface area contributed by atoms with Gasteiger partial charge in [-0.2, -0.15) is 0 Å². The summed E-state index contributed by atoms with van der Waals surface area (Å²) < 4.78 is 7.62. The monoisotopic (exact) mass is 487 g/mol. The Hall–Kier alpha value is -2.16. The maximum absolute atomic E-state index is 13.2. The molecule has 8 heteroatoms. The fourth-order valence-electron chi connectivity index (χ4n) is 3.15. The average Bonchev–Trinajstić information content (AvgIpc) is 3.56. The molecule has 0 bridgehead atoms. The Morgan fingerprint density at radius 3 is 2.77 bits per heavy atom. The van der Waals surface area contributed by atoms with Gasteiger partial charge < -0.3 is 10.1 Å². The van der Waals surface area contributed by atoms with Gasteiger partial charge in [0, 0.05) is 17.6 Å². The second kappa shape index (κ2) is 9.32. The molecule has 0 aliphatic heterocycles. The third-order valence-electron chi connectivity index (χ3n) is 4.89. The topological polar surface area (TPSA) is 73.2 Å². The van der Waals surface area contributed by atoms with Crippen LogP contribution < -0.4 is 10.9 Å². The number of carbonyl (C=O) groups excluding carboxylic acids is 1. The molecule has 1 fully saturated rings. The van der Waals surface area contributed by atoms with E-state index < -0.39 is 5.25 Å². The Kier molecular flexibility index (Phi) is 6.55. The minimum absolute atomic E-state index is 0.0582. The highest BCUT2D eigenvalue weighted by Crippen LogP contribution is 2.36.